The minimum atomic E-state index is -0.297. The van der Waals surface area contributed by atoms with E-state index in [0.717, 1.165) is 17.3 Å². The third-order valence-corrected chi connectivity index (χ3v) is 2.26. The summed E-state index contributed by atoms with van der Waals surface area (Å²) in [7, 11) is 0. The average molecular weight is 208 g/mol. The van der Waals surface area contributed by atoms with Gasteiger partial charge in [-0.3, -0.25) is 0 Å². The standard InChI is InChI=1S/C11H12O2S/c1-3-8-14-11(12)13-10-6-4-9(2)5-7-10/h3-7H,1,8H2,2H3. The smallest absolute Gasteiger partial charge is 0.373 e. The topological polar surface area (TPSA) is 26.3 Å². The Kier molecular flexibility index (Phi) is 4.26. The van der Waals surface area contributed by atoms with Crippen molar-refractivity contribution in [2.24, 2.45) is 0 Å². The van der Waals surface area contributed by atoms with Crippen molar-refractivity contribution in [3.05, 3.63) is 42.5 Å². The van der Waals surface area contributed by atoms with Crippen molar-refractivity contribution in [2.45, 2.75) is 6.92 Å². The molecule has 1 rings (SSSR count). The SMILES string of the molecule is C=CCSC(=O)Oc1ccc(C)cc1. The highest BCUT2D eigenvalue weighted by molar-refractivity contribution is 8.13. The minimum absolute atomic E-state index is 0.297. The summed E-state index contributed by atoms with van der Waals surface area (Å²) in [6.07, 6.45) is 1.67. The Labute approximate surface area is 88.0 Å². The number of ether oxygens (including phenoxy) is 1. The van der Waals surface area contributed by atoms with Crippen molar-refractivity contribution in [2.75, 3.05) is 5.75 Å². The Bertz CT molecular complexity index is 317. The average Bonchev–Trinajstić information content (AvgIpc) is 2.18. The molecule has 3 heteroatoms. The lowest BCUT2D eigenvalue weighted by molar-refractivity contribution is 0.227. The summed E-state index contributed by atoms with van der Waals surface area (Å²) in [5.74, 6) is 1.15. The van der Waals surface area contributed by atoms with Crippen LogP contribution < -0.4 is 4.74 Å². The molecule has 0 spiro atoms. The van der Waals surface area contributed by atoms with Gasteiger partial charge in [0, 0.05) is 5.75 Å². The molecule has 0 heterocycles. The molecule has 0 amide bonds. The number of hydrogen-bond acceptors (Lipinski definition) is 3. The fraction of sp³-hybridized carbons (Fsp3) is 0.182. The molecule has 0 saturated carbocycles. The Morgan fingerprint density at radius 3 is 2.71 bits per heavy atom. The van der Waals surface area contributed by atoms with Crippen LogP contribution in [0.15, 0.2) is 36.9 Å². The van der Waals surface area contributed by atoms with Gasteiger partial charge in [0.05, 0.1) is 0 Å². The first-order valence-corrected chi connectivity index (χ1v) is 5.23. The predicted molar refractivity (Wildman–Crippen MR) is 59.9 cm³/mol. The summed E-state index contributed by atoms with van der Waals surface area (Å²) in [5.41, 5.74) is 1.14. The van der Waals surface area contributed by atoms with E-state index < -0.39 is 0 Å². The highest BCUT2D eigenvalue weighted by atomic mass is 32.2. The summed E-state index contributed by atoms with van der Waals surface area (Å²) in [6, 6.07) is 7.37. The maximum atomic E-state index is 11.1. The van der Waals surface area contributed by atoms with Gasteiger partial charge in [0.25, 0.3) is 0 Å². The molecule has 0 fully saturated rings. The summed E-state index contributed by atoms with van der Waals surface area (Å²) < 4.78 is 5.05. The van der Waals surface area contributed by atoms with Crippen LogP contribution >= 0.6 is 11.8 Å². The van der Waals surface area contributed by atoms with E-state index in [2.05, 4.69) is 6.58 Å². The molecule has 2 nitrogen and oxygen atoms in total. The number of aryl methyl sites for hydroxylation is 1. The third kappa shape index (κ3) is 3.66. The molecule has 0 radical (unpaired) electrons. The van der Waals surface area contributed by atoms with Crippen molar-refractivity contribution < 1.29 is 9.53 Å². The quantitative estimate of drug-likeness (QED) is 0.562. The molecule has 1 aromatic carbocycles. The largest absolute Gasteiger partial charge is 0.418 e. The second-order valence-corrected chi connectivity index (χ2v) is 3.72. The summed E-state index contributed by atoms with van der Waals surface area (Å²) >= 11 is 1.10. The van der Waals surface area contributed by atoms with Crippen LogP contribution in [0.3, 0.4) is 0 Å². The van der Waals surface area contributed by atoms with Gasteiger partial charge in [-0.2, -0.15) is 0 Å². The highest BCUT2D eigenvalue weighted by Gasteiger charge is 2.03. The molecule has 0 saturated heterocycles. The fourth-order valence-corrected chi connectivity index (χ4v) is 1.27. The number of thioether (sulfide) groups is 1. The molecule has 0 atom stereocenters. The van der Waals surface area contributed by atoms with Crippen LogP contribution in [0.5, 0.6) is 5.75 Å². The van der Waals surface area contributed by atoms with Crippen molar-refractivity contribution >= 4 is 17.1 Å². The normalized spacial score (nSPS) is 9.50. The maximum Gasteiger partial charge on any atom is 0.373 e. The van der Waals surface area contributed by atoms with E-state index in [4.69, 9.17) is 4.74 Å². The first-order chi connectivity index (χ1) is 6.72. The van der Waals surface area contributed by atoms with E-state index >= 15 is 0 Å². The molecular weight excluding hydrogens is 196 g/mol. The van der Waals surface area contributed by atoms with Crippen LogP contribution in [0.4, 0.5) is 4.79 Å². The van der Waals surface area contributed by atoms with Gasteiger partial charge in [0.15, 0.2) is 0 Å². The van der Waals surface area contributed by atoms with Gasteiger partial charge in [0.2, 0.25) is 0 Å². The van der Waals surface area contributed by atoms with Crippen molar-refractivity contribution in [3.63, 3.8) is 0 Å². The molecule has 0 N–H and O–H groups in total. The van der Waals surface area contributed by atoms with Crippen LogP contribution in [0.1, 0.15) is 5.56 Å². The molecule has 74 valence electrons. The van der Waals surface area contributed by atoms with Gasteiger partial charge >= 0.3 is 5.30 Å². The van der Waals surface area contributed by atoms with Crippen LogP contribution in [0.25, 0.3) is 0 Å². The van der Waals surface area contributed by atoms with Crippen LogP contribution in [0, 0.1) is 6.92 Å². The molecule has 0 aliphatic rings. The van der Waals surface area contributed by atoms with Crippen LogP contribution in [-0.2, 0) is 0 Å². The lowest BCUT2D eigenvalue weighted by Gasteiger charge is -2.02. The van der Waals surface area contributed by atoms with Crippen molar-refractivity contribution in [1.82, 2.24) is 0 Å². The molecule has 14 heavy (non-hydrogen) atoms. The molecule has 0 bridgehead atoms. The molecule has 1 aromatic rings. The summed E-state index contributed by atoms with van der Waals surface area (Å²) in [5, 5.41) is -0.297. The molecule has 0 aromatic heterocycles. The molecule has 0 aliphatic carbocycles. The second kappa shape index (κ2) is 5.50. The molecule has 0 unspecified atom stereocenters. The lowest BCUT2D eigenvalue weighted by Crippen LogP contribution is -2.00. The zero-order valence-electron chi connectivity index (χ0n) is 8.03. The number of carbonyl (C=O) groups is 1. The minimum Gasteiger partial charge on any atom is -0.418 e. The summed E-state index contributed by atoms with van der Waals surface area (Å²) in [6.45, 7) is 5.51. The van der Waals surface area contributed by atoms with Gasteiger partial charge in [0.1, 0.15) is 5.75 Å². The van der Waals surface area contributed by atoms with E-state index in [0.29, 0.717) is 11.5 Å². The Balaban J connectivity index is 2.47. The molecule has 0 aliphatic heterocycles. The molecular formula is C11H12O2S. The first-order valence-electron chi connectivity index (χ1n) is 4.24. The zero-order valence-corrected chi connectivity index (χ0v) is 8.84. The zero-order chi connectivity index (χ0) is 10.4. The highest BCUT2D eigenvalue weighted by Crippen LogP contribution is 2.15. The second-order valence-electron chi connectivity index (χ2n) is 2.76. The maximum absolute atomic E-state index is 11.1. The number of carbonyl (C=O) groups excluding carboxylic acids is 1. The third-order valence-electron chi connectivity index (χ3n) is 1.54. The van der Waals surface area contributed by atoms with E-state index in [1.807, 2.05) is 19.1 Å². The van der Waals surface area contributed by atoms with Gasteiger partial charge in [-0.25, -0.2) is 4.79 Å². The van der Waals surface area contributed by atoms with Gasteiger partial charge in [-0.1, -0.05) is 23.8 Å². The fourth-order valence-electron chi connectivity index (χ4n) is 0.859. The Morgan fingerprint density at radius 2 is 2.14 bits per heavy atom. The van der Waals surface area contributed by atoms with E-state index in [1.54, 1.807) is 18.2 Å². The van der Waals surface area contributed by atoms with Crippen molar-refractivity contribution in [3.8, 4) is 5.75 Å². The van der Waals surface area contributed by atoms with Gasteiger partial charge in [-0.05, 0) is 30.8 Å². The first kappa shape index (κ1) is 10.9. The van der Waals surface area contributed by atoms with Gasteiger partial charge < -0.3 is 4.74 Å². The monoisotopic (exact) mass is 208 g/mol. The number of hydrogen-bond donors (Lipinski definition) is 0. The van der Waals surface area contributed by atoms with E-state index in [9.17, 15) is 4.79 Å². The Hall–Kier alpha value is -1.22. The Morgan fingerprint density at radius 1 is 1.50 bits per heavy atom. The van der Waals surface area contributed by atoms with Crippen molar-refractivity contribution in [1.29, 1.82) is 0 Å². The number of rotatable bonds is 3. The predicted octanol–water partition coefficient (Wildman–Crippen LogP) is 3.41. The number of benzene rings is 1. The van der Waals surface area contributed by atoms with E-state index in [-0.39, 0.29) is 5.30 Å². The van der Waals surface area contributed by atoms with E-state index in [1.165, 1.54) is 0 Å². The van der Waals surface area contributed by atoms with Gasteiger partial charge in [-0.15, -0.1) is 6.58 Å². The lowest BCUT2D eigenvalue weighted by atomic mass is 10.2. The van der Waals surface area contributed by atoms with Crippen LogP contribution in [-0.4, -0.2) is 11.1 Å². The summed E-state index contributed by atoms with van der Waals surface area (Å²) in [4.78, 5) is 11.1. The van der Waals surface area contributed by atoms with Crippen LogP contribution in [0.2, 0.25) is 0 Å².